The molecule has 2 aliphatic heterocycles. The van der Waals surface area contributed by atoms with Crippen LogP contribution in [0, 0.1) is 5.92 Å². The van der Waals surface area contributed by atoms with Crippen molar-refractivity contribution in [3.63, 3.8) is 0 Å². The molecule has 2 bridgehead atoms. The Hall–Kier alpha value is -1.39. The van der Waals surface area contributed by atoms with Crippen molar-refractivity contribution in [2.75, 3.05) is 5.32 Å². The van der Waals surface area contributed by atoms with Gasteiger partial charge in [-0.1, -0.05) is 12.1 Å². The molecule has 20 heavy (non-hydrogen) atoms. The fraction of sp³-hybridized carbons (Fsp3) is 0.562. The van der Waals surface area contributed by atoms with Gasteiger partial charge in [-0.05, 0) is 49.3 Å². The molecule has 1 aromatic rings. The molecule has 3 rings (SSSR count). The van der Waals surface area contributed by atoms with Crippen molar-refractivity contribution in [1.29, 1.82) is 0 Å². The first kappa shape index (κ1) is 13.6. The summed E-state index contributed by atoms with van der Waals surface area (Å²) < 4.78 is 0. The lowest BCUT2D eigenvalue weighted by molar-refractivity contribution is -0.117. The second-order valence-corrected chi connectivity index (χ2v) is 6.09. The van der Waals surface area contributed by atoms with E-state index in [1.165, 1.54) is 12.8 Å². The predicted octanol–water partition coefficient (Wildman–Crippen LogP) is 2.04. The van der Waals surface area contributed by atoms with E-state index in [1.54, 1.807) is 0 Å². The monoisotopic (exact) mass is 274 g/mol. The van der Waals surface area contributed by atoms with Gasteiger partial charge in [0.25, 0.3) is 0 Å². The largest absolute Gasteiger partial charge is 0.392 e. The molecular weight excluding hydrogens is 252 g/mol. The third kappa shape index (κ3) is 3.19. The molecule has 2 unspecified atom stereocenters. The van der Waals surface area contributed by atoms with Crippen LogP contribution in [0.5, 0.6) is 0 Å². The van der Waals surface area contributed by atoms with Crippen molar-refractivity contribution in [2.24, 2.45) is 5.92 Å². The molecule has 4 nitrogen and oxygen atoms in total. The number of nitrogens with one attached hydrogen (secondary N) is 2. The van der Waals surface area contributed by atoms with Gasteiger partial charge in [0.15, 0.2) is 0 Å². The van der Waals surface area contributed by atoms with Gasteiger partial charge < -0.3 is 15.7 Å². The molecule has 0 aromatic heterocycles. The van der Waals surface area contributed by atoms with Crippen molar-refractivity contribution in [2.45, 2.75) is 50.8 Å². The SMILES string of the molecule is O=C(CC1CC2CCC(C1)N2)Nc1cccc(CO)c1. The number of carbonyl (C=O) groups excluding carboxylic acids is 1. The molecule has 1 aromatic carbocycles. The third-order valence-electron chi connectivity index (χ3n) is 4.44. The summed E-state index contributed by atoms with van der Waals surface area (Å²) >= 11 is 0. The van der Waals surface area contributed by atoms with E-state index in [4.69, 9.17) is 5.11 Å². The molecular formula is C16H22N2O2. The molecule has 2 fully saturated rings. The van der Waals surface area contributed by atoms with Gasteiger partial charge in [0, 0.05) is 24.2 Å². The number of carbonyl (C=O) groups is 1. The summed E-state index contributed by atoms with van der Waals surface area (Å²) in [5.74, 6) is 0.598. The lowest BCUT2D eigenvalue weighted by Gasteiger charge is -2.28. The minimum Gasteiger partial charge on any atom is -0.392 e. The fourth-order valence-corrected chi connectivity index (χ4v) is 3.56. The lowest BCUT2D eigenvalue weighted by atomic mass is 9.89. The standard InChI is InChI=1S/C16H22N2O2/c19-10-11-2-1-3-13(6-11)18-16(20)9-12-7-14-4-5-15(8-12)17-14/h1-3,6,12,14-15,17,19H,4-5,7-10H2,(H,18,20). The van der Waals surface area contributed by atoms with Gasteiger partial charge in [0.05, 0.1) is 6.61 Å². The number of rotatable bonds is 4. The Labute approximate surface area is 119 Å². The van der Waals surface area contributed by atoms with Crippen molar-refractivity contribution in [3.05, 3.63) is 29.8 Å². The zero-order chi connectivity index (χ0) is 13.9. The molecule has 0 aliphatic carbocycles. The van der Waals surface area contributed by atoms with Gasteiger partial charge in [-0.2, -0.15) is 0 Å². The Balaban J connectivity index is 1.54. The lowest BCUT2D eigenvalue weighted by Crippen LogP contribution is -2.39. The first-order valence-electron chi connectivity index (χ1n) is 7.48. The number of fused-ring (bicyclic) bond motifs is 2. The summed E-state index contributed by atoms with van der Waals surface area (Å²) in [6.07, 6.45) is 5.39. The normalized spacial score (nSPS) is 28.4. The molecule has 108 valence electrons. The van der Waals surface area contributed by atoms with Crippen LogP contribution in [-0.4, -0.2) is 23.1 Å². The van der Waals surface area contributed by atoms with Crippen LogP contribution in [-0.2, 0) is 11.4 Å². The molecule has 2 heterocycles. The fourth-order valence-electron chi connectivity index (χ4n) is 3.56. The van der Waals surface area contributed by atoms with Crippen LogP contribution in [0.4, 0.5) is 5.69 Å². The smallest absolute Gasteiger partial charge is 0.224 e. The topological polar surface area (TPSA) is 61.4 Å². The Kier molecular flexibility index (Phi) is 4.03. The minimum atomic E-state index is 0.00135. The summed E-state index contributed by atoms with van der Waals surface area (Å²) in [5, 5.41) is 15.6. The van der Waals surface area contributed by atoms with E-state index in [2.05, 4.69) is 10.6 Å². The number of hydrogen-bond donors (Lipinski definition) is 3. The van der Waals surface area contributed by atoms with Gasteiger partial charge >= 0.3 is 0 Å². The summed E-state index contributed by atoms with van der Waals surface area (Å²) in [6.45, 7) is 0.00135. The second-order valence-electron chi connectivity index (χ2n) is 6.09. The summed E-state index contributed by atoms with van der Waals surface area (Å²) in [4.78, 5) is 12.1. The van der Waals surface area contributed by atoms with Crippen molar-refractivity contribution in [1.82, 2.24) is 5.32 Å². The van der Waals surface area contributed by atoms with E-state index < -0.39 is 0 Å². The summed E-state index contributed by atoms with van der Waals surface area (Å²) in [6, 6.07) is 8.65. The number of benzene rings is 1. The third-order valence-corrected chi connectivity index (χ3v) is 4.44. The number of amides is 1. The number of aliphatic hydroxyl groups is 1. The Morgan fingerprint density at radius 2 is 2.05 bits per heavy atom. The maximum Gasteiger partial charge on any atom is 0.224 e. The summed E-state index contributed by atoms with van der Waals surface area (Å²) in [7, 11) is 0. The van der Waals surface area contributed by atoms with Crippen LogP contribution in [0.15, 0.2) is 24.3 Å². The van der Waals surface area contributed by atoms with Crippen molar-refractivity contribution < 1.29 is 9.90 Å². The van der Waals surface area contributed by atoms with Crippen LogP contribution < -0.4 is 10.6 Å². The van der Waals surface area contributed by atoms with E-state index in [-0.39, 0.29) is 12.5 Å². The van der Waals surface area contributed by atoms with E-state index in [1.807, 2.05) is 24.3 Å². The van der Waals surface area contributed by atoms with Crippen molar-refractivity contribution >= 4 is 11.6 Å². The molecule has 3 N–H and O–H groups in total. The highest BCUT2D eigenvalue weighted by Crippen LogP contribution is 2.32. The Morgan fingerprint density at radius 3 is 2.75 bits per heavy atom. The molecule has 4 heteroatoms. The molecule has 2 saturated heterocycles. The maximum absolute atomic E-state index is 12.1. The quantitative estimate of drug-likeness (QED) is 0.787. The van der Waals surface area contributed by atoms with Gasteiger partial charge in [0.1, 0.15) is 0 Å². The maximum atomic E-state index is 12.1. The second kappa shape index (κ2) is 5.94. The van der Waals surface area contributed by atoms with Gasteiger partial charge in [-0.15, -0.1) is 0 Å². The minimum absolute atomic E-state index is 0.00135. The Bertz CT molecular complexity index is 477. The highest BCUT2D eigenvalue weighted by atomic mass is 16.3. The van der Waals surface area contributed by atoms with Crippen LogP contribution >= 0.6 is 0 Å². The Morgan fingerprint density at radius 1 is 1.30 bits per heavy atom. The number of anilines is 1. The van der Waals surface area contributed by atoms with E-state index in [0.29, 0.717) is 24.4 Å². The molecule has 2 aliphatic rings. The first-order chi connectivity index (χ1) is 9.72. The zero-order valence-corrected chi connectivity index (χ0v) is 11.6. The number of aliphatic hydroxyl groups excluding tert-OH is 1. The number of hydrogen-bond acceptors (Lipinski definition) is 3. The van der Waals surface area contributed by atoms with Crippen LogP contribution in [0.2, 0.25) is 0 Å². The van der Waals surface area contributed by atoms with E-state index >= 15 is 0 Å². The zero-order valence-electron chi connectivity index (χ0n) is 11.6. The highest BCUT2D eigenvalue weighted by molar-refractivity contribution is 5.90. The molecule has 2 atom stereocenters. The van der Waals surface area contributed by atoms with Crippen LogP contribution in [0.3, 0.4) is 0 Å². The molecule has 1 amide bonds. The molecule has 0 spiro atoms. The highest BCUT2D eigenvalue weighted by Gasteiger charge is 2.34. The van der Waals surface area contributed by atoms with Crippen LogP contribution in [0.25, 0.3) is 0 Å². The predicted molar refractivity (Wildman–Crippen MR) is 78.3 cm³/mol. The van der Waals surface area contributed by atoms with Gasteiger partial charge in [-0.3, -0.25) is 4.79 Å². The van der Waals surface area contributed by atoms with Gasteiger partial charge in [-0.25, -0.2) is 0 Å². The van der Waals surface area contributed by atoms with Crippen LogP contribution in [0.1, 0.15) is 37.7 Å². The molecule has 0 saturated carbocycles. The van der Waals surface area contributed by atoms with E-state index in [9.17, 15) is 4.79 Å². The van der Waals surface area contributed by atoms with Gasteiger partial charge in [0.2, 0.25) is 5.91 Å². The number of piperidine rings is 1. The van der Waals surface area contributed by atoms with E-state index in [0.717, 1.165) is 24.1 Å². The average molecular weight is 274 g/mol. The molecule has 0 radical (unpaired) electrons. The first-order valence-corrected chi connectivity index (χ1v) is 7.48. The van der Waals surface area contributed by atoms with Crippen molar-refractivity contribution in [3.8, 4) is 0 Å². The summed E-state index contributed by atoms with van der Waals surface area (Å²) in [5.41, 5.74) is 1.60. The average Bonchev–Trinajstić information content (AvgIpc) is 2.78.